The van der Waals surface area contributed by atoms with Crippen molar-refractivity contribution in [2.75, 3.05) is 13.1 Å². The summed E-state index contributed by atoms with van der Waals surface area (Å²) in [5.74, 6) is 5.17. The van der Waals surface area contributed by atoms with Crippen LogP contribution in [0.4, 0.5) is 0 Å². The number of Topliss-reactive ketones (excluding diaryl/α,β-unsaturated/α-hetero) is 1. The van der Waals surface area contributed by atoms with Gasteiger partial charge < -0.3 is 5.32 Å². The molecule has 1 unspecified atom stereocenters. The fourth-order valence-electron chi connectivity index (χ4n) is 9.47. The predicted octanol–water partition coefficient (Wildman–Crippen LogP) is 6.99. The standard InChI is InChI=1S/C31H48N2O/c1-7-21(19(2)3)9-8-20(4)23-10-11-24-22-18-27(34)28-29-26(32-16-17-33-29)13-15-31(28,6)25(22)12-14-30(23,24)5/h8-9,19-25,33H,7,10-18H2,1-6H3/b9-8+/t20-,21?,22+,23-,24+,25+,30-,31-/m1/s1. The fourth-order valence-corrected chi connectivity index (χ4v) is 9.47. The van der Waals surface area contributed by atoms with Gasteiger partial charge in [0.25, 0.3) is 0 Å². The van der Waals surface area contributed by atoms with E-state index in [9.17, 15) is 4.79 Å². The molecule has 0 amide bonds. The third-order valence-electron chi connectivity index (χ3n) is 11.4. The molecular formula is C31H48N2O. The average Bonchev–Trinajstić information content (AvgIpc) is 3.16. The lowest BCUT2D eigenvalue weighted by atomic mass is 9.46. The smallest absolute Gasteiger partial charge is 0.161 e. The maximum atomic E-state index is 13.8. The molecule has 0 aromatic rings. The van der Waals surface area contributed by atoms with E-state index in [1.807, 2.05) is 0 Å². The minimum atomic E-state index is 0.0369. The van der Waals surface area contributed by atoms with Gasteiger partial charge in [0.15, 0.2) is 5.78 Å². The van der Waals surface area contributed by atoms with Gasteiger partial charge in [-0.15, -0.1) is 0 Å². The van der Waals surface area contributed by atoms with Crippen LogP contribution < -0.4 is 5.32 Å². The Balaban J connectivity index is 1.40. The number of carbonyl (C=O) groups is 1. The highest BCUT2D eigenvalue weighted by molar-refractivity contribution is 6.11. The van der Waals surface area contributed by atoms with Gasteiger partial charge in [-0.2, -0.15) is 0 Å². The normalized spacial score (nSPS) is 41.4. The summed E-state index contributed by atoms with van der Waals surface area (Å²) >= 11 is 0. The Labute approximate surface area is 208 Å². The largest absolute Gasteiger partial charge is 0.381 e. The number of rotatable bonds is 5. The van der Waals surface area contributed by atoms with Gasteiger partial charge in [-0.1, -0.05) is 53.7 Å². The summed E-state index contributed by atoms with van der Waals surface area (Å²) in [6.45, 7) is 16.3. The highest BCUT2D eigenvalue weighted by atomic mass is 16.1. The van der Waals surface area contributed by atoms with Gasteiger partial charge in [-0.3, -0.25) is 9.79 Å². The molecule has 0 aromatic heterocycles. The Bertz CT molecular complexity index is 912. The molecule has 34 heavy (non-hydrogen) atoms. The van der Waals surface area contributed by atoms with Crippen molar-refractivity contribution < 1.29 is 4.79 Å². The van der Waals surface area contributed by atoms with Crippen LogP contribution in [0.1, 0.15) is 92.9 Å². The molecule has 5 rings (SSSR count). The van der Waals surface area contributed by atoms with E-state index in [1.165, 1.54) is 37.8 Å². The summed E-state index contributed by atoms with van der Waals surface area (Å²) in [5, 5.41) is 3.60. The Morgan fingerprint density at radius 2 is 1.88 bits per heavy atom. The number of fused-ring (bicyclic) bond motifs is 6. The lowest BCUT2D eigenvalue weighted by Crippen LogP contribution is -2.55. The minimum absolute atomic E-state index is 0.0369. The molecule has 1 aliphatic heterocycles. The minimum Gasteiger partial charge on any atom is -0.381 e. The molecule has 0 saturated heterocycles. The molecule has 3 fully saturated rings. The second kappa shape index (κ2) is 8.93. The number of carbonyl (C=O) groups excluding carboxylic acids is 1. The van der Waals surface area contributed by atoms with Crippen molar-refractivity contribution in [1.82, 2.24) is 5.32 Å². The molecule has 8 atom stereocenters. The lowest BCUT2D eigenvalue weighted by Gasteiger charge is -2.58. The van der Waals surface area contributed by atoms with Crippen LogP contribution in [0.5, 0.6) is 0 Å². The van der Waals surface area contributed by atoms with Crippen molar-refractivity contribution in [3.8, 4) is 0 Å². The summed E-state index contributed by atoms with van der Waals surface area (Å²) in [4.78, 5) is 18.6. The van der Waals surface area contributed by atoms with Crippen LogP contribution in [0.15, 0.2) is 28.4 Å². The van der Waals surface area contributed by atoms with Crippen molar-refractivity contribution in [3.05, 3.63) is 23.4 Å². The molecule has 3 saturated carbocycles. The lowest BCUT2D eigenvalue weighted by molar-refractivity contribution is -0.128. The number of nitrogens with one attached hydrogen (secondary N) is 1. The second-order valence-electron chi connectivity index (χ2n) is 13.2. The molecule has 0 spiro atoms. The zero-order valence-electron chi connectivity index (χ0n) is 22.6. The Kier molecular flexibility index (Phi) is 6.39. The first-order chi connectivity index (χ1) is 16.2. The Hall–Kier alpha value is -1.38. The fraction of sp³-hybridized carbons (Fsp3) is 0.806. The topological polar surface area (TPSA) is 41.5 Å². The first kappa shape index (κ1) is 24.3. The number of aliphatic imine (C=N–C) groups is 1. The molecule has 188 valence electrons. The van der Waals surface area contributed by atoms with Gasteiger partial charge >= 0.3 is 0 Å². The first-order valence-electron chi connectivity index (χ1n) is 14.4. The van der Waals surface area contributed by atoms with Crippen LogP contribution in [-0.4, -0.2) is 24.6 Å². The molecule has 3 nitrogen and oxygen atoms in total. The van der Waals surface area contributed by atoms with Crippen LogP contribution in [0.3, 0.4) is 0 Å². The highest BCUT2D eigenvalue weighted by Gasteiger charge is 2.61. The number of hydrogen-bond acceptors (Lipinski definition) is 3. The number of nitrogens with zero attached hydrogens (tertiary/aromatic N) is 1. The second-order valence-corrected chi connectivity index (χ2v) is 13.2. The highest BCUT2D eigenvalue weighted by Crippen LogP contribution is 2.67. The molecule has 0 bridgehead atoms. The van der Waals surface area contributed by atoms with E-state index in [1.54, 1.807) is 0 Å². The molecule has 0 radical (unpaired) electrons. The quantitative estimate of drug-likeness (QED) is 0.445. The molecule has 5 aliphatic rings. The van der Waals surface area contributed by atoms with E-state index < -0.39 is 0 Å². The zero-order valence-corrected chi connectivity index (χ0v) is 22.6. The number of ketones is 1. The maximum Gasteiger partial charge on any atom is 0.161 e. The Morgan fingerprint density at radius 1 is 1.09 bits per heavy atom. The van der Waals surface area contributed by atoms with Crippen LogP contribution >= 0.6 is 0 Å². The van der Waals surface area contributed by atoms with Gasteiger partial charge in [-0.05, 0) is 91.8 Å². The van der Waals surface area contributed by atoms with E-state index >= 15 is 0 Å². The zero-order chi connectivity index (χ0) is 24.3. The van der Waals surface area contributed by atoms with Gasteiger partial charge in [-0.25, -0.2) is 0 Å². The van der Waals surface area contributed by atoms with Gasteiger partial charge in [0.1, 0.15) is 0 Å². The maximum absolute atomic E-state index is 13.8. The summed E-state index contributed by atoms with van der Waals surface area (Å²) in [6, 6.07) is 0. The monoisotopic (exact) mass is 464 g/mol. The van der Waals surface area contributed by atoms with Crippen molar-refractivity contribution in [3.63, 3.8) is 0 Å². The average molecular weight is 465 g/mol. The first-order valence-corrected chi connectivity index (χ1v) is 14.4. The van der Waals surface area contributed by atoms with Crippen molar-refractivity contribution >= 4 is 11.5 Å². The SMILES string of the molecule is CCC(/C=C/[C@@H](C)[C@H]1CC[C@H]2[C@@H]3CC(=O)C4=C5NCCN=C5CC[C@]4(C)[C@H]3CC[C@]12C)C(C)C. The number of allylic oxidation sites excluding steroid dienone is 4. The van der Waals surface area contributed by atoms with Crippen LogP contribution in [0.2, 0.25) is 0 Å². The van der Waals surface area contributed by atoms with E-state index in [-0.39, 0.29) is 5.41 Å². The number of hydrogen-bond donors (Lipinski definition) is 1. The molecule has 1 N–H and O–H groups in total. The summed E-state index contributed by atoms with van der Waals surface area (Å²) in [5.41, 5.74) is 3.87. The Morgan fingerprint density at radius 3 is 2.62 bits per heavy atom. The summed E-state index contributed by atoms with van der Waals surface area (Å²) < 4.78 is 0. The third kappa shape index (κ3) is 3.66. The van der Waals surface area contributed by atoms with Crippen molar-refractivity contribution in [1.29, 1.82) is 0 Å². The molecule has 0 aromatic carbocycles. The van der Waals surface area contributed by atoms with Gasteiger partial charge in [0.05, 0.1) is 18.0 Å². The van der Waals surface area contributed by atoms with Crippen molar-refractivity contribution in [2.24, 2.45) is 57.2 Å². The summed E-state index contributed by atoms with van der Waals surface area (Å²) in [7, 11) is 0. The van der Waals surface area contributed by atoms with Crippen LogP contribution in [0.25, 0.3) is 0 Å². The van der Waals surface area contributed by atoms with Crippen molar-refractivity contribution in [2.45, 2.75) is 92.9 Å². The van der Waals surface area contributed by atoms with E-state index in [0.29, 0.717) is 46.7 Å². The predicted molar refractivity (Wildman–Crippen MR) is 142 cm³/mol. The molecule has 1 heterocycles. The van der Waals surface area contributed by atoms with E-state index in [2.05, 4.69) is 59.0 Å². The van der Waals surface area contributed by atoms with Crippen LogP contribution in [-0.2, 0) is 4.79 Å². The van der Waals surface area contributed by atoms with E-state index in [4.69, 9.17) is 4.99 Å². The summed E-state index contributed by atoms with van der Waals surface area (Å²) in [6.07, 6.45) is 14.5. The molecular weight excluding hydrogens is 416 g/mol. The van der Waals surface area contributed by atoms with Gasteiger partial charge in [0, 0.05) is 24.0 Å². The van der Waals surface area contributed by atoms with Gasteiger partial charge in [0.2, 0.25) is 0 Å². The molecule has 4 aliphatic carbocycles. The molecule has 3 heteroatoms. The third-order valence-corrected chi connectivity index (χ3v) is 11.4. The van der Waals surface area contributed by atoms with Crippen LogP contribution in [0, 0.1) is 52.3 Å². The van der Waals surface area contributed by atoms with E-state index in [0.717, 1.165) is 49.5 Å².